The van der Waals surface area contributed by atoms with Gasteiger partial charge in [-0.25, -0.2) is 0 Å². The summed E-state index contributed by atoms with van der Waals surface area (Å²) >= 11 is 6.05. The lowest BCUT2D eigenvalue weighted by atomic mass is 10.1. The zero-order valence-electron chi connectivity index (χ0n) is 9.21. The molecule has 0 bridgehead atoms. The fourth-order valence-corrected chi connectivity index (χ4v) is 1.77. The molecule has 1 unspecified atom stereocenters. The fourth-order valence-electron chi connectivity index (χ4n) is 1.46. The van der Waals surface area contributed by atoms with Crippen LogP contribution in [0.15, 0.2) is 12.1 Å². The zero-order chi connectivity index (χ0) is 11.4. The van der Waals surface area contributed by atoms with Gasteiger partial charge in [-0.1, -0.05) is 11.6 Å². The third kappa shape index (κ3) is 3.01. The van der Waals surface area contributed by atoms with Gasteiger partial charge in [-0.15, -0.1) is 0 Å². The van der Waals surface area contributed by atoms with Crippen molar-refractivity contribution in [1.82, 2.24) is 0 Å². The van der Waals surface area contributed by atoms with Crippen molar-refractivity contribution in [2.45, 2.75) is 19.4 Å². The molecule has 0 heterocycles. The molecular formula is C11H16ClNO2. The minimum absolute atomic E-state index is 0.0965. The predicted octanol–water partition coefficient (Wildman–Crippen LogP) is 2.25. The Bertz CT molecular complexity index is 340. The monoisotopic (exact) mass is 229 g/mol. The maximum absolute atomic E-state index is 6.05. The van der Waals surface area contributed by atoms with Crippen molar-refractivity contribution in [3.63, 3.8) is 0 Å². The Morgan fingerprint density at radius 2 is 2.00 bits per heavy atom. The second-order valence-corrected chi connectivity index (χ2v) is 3.90. The summed E-state index contributed by atoms with van der Waals surface area (Å²) in [5, 5.41) is 0.549. The van der Waals surface area contributed by atoms with Gasteiger partial charge in [0.05, 0.1) is 19.2 Å². The molecule has 0 saturated heterocycles. The van der Waals surface area contributed by atoms with Gasteiger partial charge in [0.25, 0.3) is 0 Å². The first-order valence-electron chi connectivity index (χ1n) is 4.74. The van der Waals surface area contributed by atoms with E-state index in [1.807, 2.05) is 19.1 Å². The van der Waals surface area contributed by atoms with Gasteiger partial charge < -0.3 is 15.2 Å². The summed E-state index contributed by atoms with van der Waals surface area (Å²) in [6, 6.07) is 3.85. The summed E-state index contributed by atoms with van der Waals surface area (Å²) in [6.07, 6.45) is 0.764. The van der Waals surface area contributed by atoms with Gasteiger partial charge in [-0.05, 0) is 31.0 Å². The van der Waals surface area contributed by atoms with Crippen LogP contribution in [0.5, 0.6) is 11.5 Å². The minimum Gasteiger partial charge on any atom is -0.493 e. The molecular weight excluding hydrogens is 214 g/mol. The lowest BCUT2D eigenvalue weighted by Crippen LogP contribution is -2.17. The van der Waals surface area contributed by atoms with Crippen LogP contribution in [-0.4, -0.2) is 20.3 Å². The molecule has 0 amide bonds. The van der Waals surface area contributed by atoms with E-state index >= 15 is 0 Å². The Hall–Kier alpha value is -0.930. The topological polar surface area (TPSA) is 44.5 Å². The molecule has 0 aromatic heterocycles. The Labute approximate surface area is 95.1 Å². The standard InChI is InChI=1S/C11H16ClNO2/c1-7(13)4-8-5-9(12)11(15-3)10(6-8)14-2/h5-7H,4,13H2,1-3H3. The number of benzene rings is 1. The highest BCUT2D eigenvalue weighted by Gasteiger charge is 2.11. The average Bonchev–Trinajstić information content (AvgIpc) is 2.15. The lowest BCUT2D eigenvalue weighted by molar-refractivity contribution is 0.354. The highest BCUT2D eigenvalue weighted by atomic mass is 35.5. The van der Waals surface area contributed by atoms with E-state index in [9.17, 15) is 0 Å². The van der Waals surface area contributed by atoms with Gasteiger partial charge in [0.2, 0.25) is 0 Å². The fraction of sp³-hybridized carbons (Fsp3) is 0.455. The number of rotatable bonds is 4. The molecule has 0 radical (unpaired) electrons. The van der Waals surface area contributed by atoms with Crippen molar-refractivity contribution in [2.75, 3.05) is 14.2 Å². The van der Waals surface area contributed by atoms with Gasteiger partial charge in [0, 0.05) is 6.04 Å². The number of hydrogen-bond acceptors (Lipinski definition) is 3. The third-order valence-electron chi connectivity index (χ3n) is 2.05. The van der Waals surface area contributed by atoms with Gasteiger partial charge in [-0.2, -0.15) is 0 Å². The number of halogens is 1. The van der Waals surface area contributed by atoms with Crippen LogP contribution in [0, 0.1) is 0 Å². The number of ether oxygens (including phenoxy) is 2. The maximum atomic E-state index is 6.05. The predicted molar refractivity (Wildman–Crippen MR) is 61.9 cm³/mol. The van der Waals surface area contributed by atoms with E-state index in [0.717, 1.165) is 12.0 Å². The molecule has 1 rings (SSSR count). The molecule has 0 aliphatic carbocycles. The van der Waals surface area contributed by atoms with Crippen molar-refractivity contribution in [3.8, 4) is 11.5 Å². The molecule has 0 spiro atoms. The van der Waals surface area contributed by atoms with Crippen LogP contribution in [0.4, 0.5) is 0 Å². The molecule has 2 N–H and O–H groups in total. The quantitative estimate of drug-likeness (QED) is 0.861. The summed E-state index contributed by atoms with van der Waals surface area (Å²) in [5.41, 5.74) is 6.77. The van der Waals surface area contributed by atoms with E-state index in [1.165, 1.54) is 0 Å². The largest absolute Gasteiger partial charge is 0.493 e. The first-order chi connectivity index (χ1) is 7.08. The van der Waals surface area contributed by atoms with Crippen LogP contribution in [0.1, 0.15) is 12.5 Å². The first-order valence-corrected chi connectivity index (χ1v) is 5.12. The van der Waals surface area contributed by atoms with E-state index in [4.69, 9.17) is 26.8 Å². The zero-order valence-corrected chi connectivity index (χ0v) is 9.97. The molecule has 15 heavy (non-hydrogen) atoms. The van der Waals surface area contributed by atoms with Gasteiger partial charge >= 0.3 is 0 Å². The van der Waals surface area contributed by atoms with Gasteiger partial charge in [0.1, 0.15) is 0 Å². The average molecular weight is 230 g/mol. The highest BCUT2D eigenvalue weighted by molar-refractivity contribution is 6.32. The minimum atomic E-state index is 0.0965. The van der Waals surface area contributed by atoms with E-state index in [-0.39, 0.29) is 6.04 Å². The molecule has 0 fully saturated rings. The van der Waals surface area contributed by atoms with Crippen LogP contribution < -0.4 is 15.2 Å². The molecule has 1 aromatic carbocycles. The summed E-state index contributed by atoms with van der Waals surface area (Å²) < 4.78 is 10.3. The van der Waals surface area contributed by atoms with Crippen molar-refractivity contribution in [2.24, 2.45) is 5.73 Å². The SMILES string of the molecule is COc1cc(CC(C)N)cc(Cl)c1OC. The van der Waals surface area contributed by atoms with Crippen molar-refractivity contribution < 1.29 is 9.47 Å². The van der Waals surface area contributed by atoms with Crippen molar-refractivity contribution in [3.05, 3.63) is 22.7 Å². The second kappa shape index (κ2) is 5.24. The lowest BCUT2D eigenvalue weighted by Gasteiger charge is -2.12. The smallest absolute Gasteiger partial charge is 0.179 e. The third-order valence-corrected chi connectivity index (χ3v) is 2.33. The summed E-state index contributed by atoms with van der Waals surface area (Å²) in [5.74, 6) is 1.20. The van der Waals surface area contributed by atoms with Crippen LogP contribution in [0.3, 0.4) is 0 Å². The Morgan fingerprint density at radius 3 is 2.47 bits per heavy atom. The van der Waals surface area contributed by atoms with Crippen molar-refractivity contribution in [1.29, 1.82) is 0 Å². The molecule has 1 atom stereocenters. The Morgan fingerprint density at radius 1 is 1.33 bits per heavy atom. The second-order valence-electron chi connectivity index (χ2n) is 3.49. The van der Waals surface area contributed by atoms with Crippen LogP contribution >= 0.6 is 11.6 Å². The van der Waals surface area contributed by atoms with Gasteiger partial charge in [0.15, 0.2) is 11.5 Å². The van der Waals surface area contributed by atoms with E-state index in [1.54, 1.807) is 14.2 Å². The molecule has 4 heteroatoms. The van der Waals surface area contributed by atoms with Crippen LogP contribution in [0.2, 0.25) is 5.02 Å². The van der Waals surface area contributed by atoms with E-state index < -0.39 is 0 Å². The van der Waals surface area contributed by atoms with Gasteiger partial charge in [-0.3, -0.25) is 0 Å². The Balaban J connectivity index is 3.08. The summed E-state index contributed by atoms with van der Waals surface area (Å²) in [4.78, 5) is 0. The highest BCUT2D eigenvalue weighted by Crippen LogP contribution is 2.36. The summed E-state index contributed by atoms with van der Waals surface area (Å²) in [6.45, 7) is 1.95. The number of nitrogens with two attached hydrogens (primary N) is 1. The molecule has 0 aliphatic rings. The van der Waals surface area contributed by atoms with E-state index in [2.05, 4.69) is 0 Å². The molecule has 0 aliphatic heterocycles. The molecule has 0 saturated carbocycles. The Kier molecular flexibility index (Phi) is 4.24. The number of hydrogen-bond donors (Lipinski definition) is 1. The first kappa shape index (κ1) is 12.1. The summed E-state index contributed by atoms with van der Waals surface area (Å²) in [7, 11) is 3.15. The normalized spacial score (nSPS) is 12.3. The molecule has 84 valence electrons. The van der Waals surface area contributed by atoms with E-state index in [0.29, 0.717) is 16.5 Å². The molecule has 3 nitrogen and oxygen atoms in total. The molecule has 1 aromatic rings. The van der Waals surface area contributed by atoms with Crippen molar-refractivity contribution >= 4 is 11.6 Å². The maximum Gasteiger partial charge on any atom is 0.179 e. The van der Waals surface area contributed by atoms with Crippen LogP contribution in [0.25, 0.3) is 0 Å². The van der Waals surface area contributed by atoms with Crippen LogP contribution in [-0.2, 0) is 6.42 Å². The number of methoxy groups -OCH3 is 2.